The number of rotatable bonds is 2. The molecule has 0 bridgehead atoms. The third-order valence-corrected chi connectivity index (χ3v) is 2.80. The lowest BCUT2D eigenvalue weighted by atomic mass is 10.2. The van der Waals surface area contributed by atoms with Crippen LogP contribution < -0.4 is 5.32 Å². The van der Waals surface area contributed by atoms with Crippen molar-refractivity contribution in [3.8, 4) is 0 Å². The monoisotopic (exact) mass is 267 g/mol. The van der Waals surface area contributed by atoms with Crippen LogP contribution in [0.3, 0.4) is 0 Å². The van der Waals surface area contributed by atoms with E-state index >= 15 is 0 Å². The Hall–Kier alpha value is -2.82. The number of benzene rings is 1. The van der Waals surface area contributed by atoms with E-state index in [1.807, 2.05) is 6.07 Å². The highest BCUT2D eigenvalue weighted by Crippen LogP contribution is 2.14. The number of hydrogen-bond acceptors (Lipinski definition) is 3. The summed E-state index contributed by atoms with van der Waals surface area (Å²) in [5.41, 5.74) is 1.76. The Balaban J connectivity index is 1.93. The van der Waals surface area contributed by atoms with E-state index in [4.69, 9.17) is 0 Å². The molecule has 0 saturated heterocycles. The number of hydrogen-bond donors (Lipinski definition) is 1. The number of nitrogens with one attached hydrogen (secondary N) is 1. The van der Waals surface area contributed by atoms with Gasteiger partial charge in [-0.15, -0.1) is 0 Å². The molecule has 1 aromatic heterocycles. The van der Waals surface area contributed by atoms with E-state index < -0.39 is 0 Å². The molecule has 0 spiro atoms. The van der Waals surface area contributed by atoms with Crippen LogP contribution in [0.1, 0.15) is 11.1 Å². The first-order valence-corrected chi connectivity index (χ1v) is 6.00. The summed E-state index contributed by atoms with van der Waals surface area (Å²) in [5, 5.41) is 2.66. The molecule has 5 heteroatoms. The van der Waals surface area contributed by atoms with Gasteiger partial charge in [0, 0.05) is 18.0 Å². The van der Waals surface area contributed by atoms with Crippen molar-refractivity contribution in [1.29, 1.82) is 0 Å². The Morgan fingerprint density at radius 1 is 1.15 bits per heavy atom. The lowest BCUT2D eigenvalue weighted by Crippen LogP contribution is -2.24. The van der Waals surface area contributed by atoms with Crippen LogP contribution in [-0.4, -0.2) is 16.7 Å². The Kier molecular flexibility index (Phi) is 3.09. The molecule has 0 radical (unpaired) electrons. The molecule has 98 valence electrons. The minimum absolute atomic E-state index is 0.284. The minimum atomic E-state index is -0.329. The lowest BCUT2D eigenvalue weighted by molar-refractivity contribution is -0.115. The molecule has 1 aromatic carbocycles. The fourth-order valence-corrected chi connectivity index (χ4v) is 1.83. The van der Waals surface area contributed by atoms with Crippen molar-refractivity contribution in [3.05, 3.63) is 71.4 Å². The molecular formula is C15H10FN3O. The standard InChI is InChI=1S/C15H10FN3O/c16-12-5-3-11(4-6-12)14-18-13(15(20)19-14)8-10-2-1-7-17-9-10/h1-9H,(H,18,19,20)/b13-8+. The van der Waals surface area contributed by atoms with E-state index in [1.54, 1.807) is 36.7 Å². The van der Waals surface area contributed by atoms with E-state index in [0.717, 1.165) is 5.56 Å². The molecule has 0 atom stereocenters. The molecule has 1 aliphatic heterocycles. The number of aliphatic imine (C=N–C) groups is 1. The van der Waals surface area contributed by atoms with E-state index in [2.05, 4.69) is 15.3 Å². The van der Waals surface area contributed by atoms with Crippen molar-refractivity contribution < 1.29 is 9.18 Å². The molecule has 1 N–H and O–H groups in total. The van der Waals surface area contributed by atoms with E-state index in [1.165, 1.54) is 12.1 Å². The normalized spacial score (nSPS) is 16.1. The fourth-order valence-electron chi connectivity index (χ4n) is 1.83. The molecule has 0 aliphatic carbocycles. The topological polar surface area (TPSA) is 54.4 Å². The second-order valence-electron chi connectivity index (χ2n) is 4.24. The van der Waals surface area contributed by atoms with Crippen molar-refractivity contribution in [3.63, 3.8) is 0 Å². The lowest BCUT2D eigenvalue weighted by Gasteiger charge is -1.99. The highest BCUT2D eigenvalue weighted by atomic mass is 19.1. The molecule has 0 saturated carbocycles. The summed E-state index contributed by atoms with van der Waals surface area (Å²) in [7, 11) is 0. The smallest absolute Gasteiger partial charge is 0.275 e. The first-order valence-electron chi connectivity index (χ1n) is 6.00. The largest absolute Gasteiger partial charge is 0.305 e. The molecule has 1 aliphatic rings. The minimum Gasteiger partial charge on any atom is -0.305 e. The number of nitrogens with zero attached hydrogens (tertiary/aromatic N) is 2. The van der Waals surface area contributed by atoms with E-state index in [0.29, 0.717) is 17.1 Å². The molecule has 1 amide bonds. The van der Waals surface area contributed by atoms with Gasteiger partial charge in [0.1, 0.15) is 17.3 Å². The van der Waals surface area contributed by atoms with Crippen LogP contribution in [0.2, 0.25) is 0 Å². The molecule has 2 heterocycles. The van der Waals surface area contributed by atoms with Crippen LogP contribution in [-0.2, 0) is 4.79 Å². The first kappa shape index (κ1) is 12.2. The van der Waals surface area contributed by atoms with Crippen molar-refractivity contribution in [1.82, 2.24) is 10.3 Å². The number of amidine groups is 1. The van der Waals surface area contributed by atoms with Gasteiger partial charge in [0.05, 0.1) is 0 Å². The Labute approximate surface area is 114 Å². The quantitative estimate of drug-likeness (QED) is 0.847. The van der Waals surface area contributed by atoms with Gasteiger partial charge < -0.3 is 5.32 Å². The second kappa shape index (κ2) is 5.05. The average Bonchev–Trinajstić information content (AvgIpc) is 2.82. The second-order valence-corrected chi connectivity index (χ2v) is 4.24. The highest BCUT2D eigenvalue weighted by molar-refractivity contribution is 6.19. The number of carbonyl (C=O) groups excluding carboxylic acids is 1. The zero-order valence-electron chi connectivity index (χ0n) is 10.4. The maximum absolute atomic E-state index is 12.9. The van der Waals surface area contributed by atoms with Gasteiger partial charge in [0.15, 0.2) is 0 Å². The summed E-state index contributed by atoms with van der Waals surface area (Å²) in [6.07, 6.45) is 4.95. The number of aromatic nitrogens is 1. The molecule has 3 rings (SSSR count). The average molecular weight is 267 g/mol. The molecule has 20 heavy (non-hydrogen) atoms. The van der Waals surface area contributed by atoms with Gasteiger partial charge in [-0.25, -0.2) is 9.38 Å². The van der Waals surface area contributed by atoms with Crippen molar-refractivity contribution >= 4 is 17.8 Å². The van der Waals surface area contributed by atoms with Gasteiger partial charge in [0.25, 0.3) is 5.91 Å². The van der Waals surface area contributed by atoms with Crippen LogP contribution >= 0.6 is 0 Å². The predicted molar refractivity (Wildman–Crippen MR) is 73.3 cm³/mol. The van der Waals surface area contributed by atoms with E-state index in [-0.39, 0.29) is 11.7 Å². The maximum atomic E-state index is 12.9. The highest BCUT2D eigenvalue weighted by Gasteiger charge is 2.20. The summed E-state index contributed by atoms with van der Waals surface area (Å²) < 4.78 is 12.9. The molecule has 0 fully saturated rings. The number of halogens is 1. The summed E-state index contributed by atoms with van der Waals surface area (Å²) in [6.45, 7) is 0. The Bertz CT molecular complexity index is 706. The van der Waals surface area contributed by atoms with Crippen LogP contribution in [0, 0.1) is 5.82 Å². The van der Waals surface area contributed by atoms with Crippen molar-refractivity contribution in [2.75, 3.05) is 0 Å². The predicted octanol–water partition coefficient (Wildman–Crippen LogP) is 2.14. The number of pyridine rings is 1. The zero-order valence-corrected chi connectivity index (χ0v) is 10.4. The van der Waals surface area contributed by atoms with Crippen LogP contribution in [0.25, 0.3) is 6.08 Å². The summed E-state index contributed by atoms with van der Waals surface area (Å²) in [4.78, 5) is 20.0. The summed E-state index contributed by atoms with van der Waals surface area (Å²) >= 11 is 0. The summed E-state index contributed by atoms with van der Waals surface area (Å²) in [6, 6.07) is 9.41. The van der Waals surface area contributed by atoms with Gasteiger partial charge in [-0.05, 0) is 42.0 Å². The van der Waals surface area contributed by atoms with Crippen molar-refractivity contribution in [2.45, 2.75) is 0 Å². The van der Waals surface area contributed by atoms with Gasteiger partial charge in [-0.3, -0.25) is 9.78 Å². The molecular weight excluding hydrogens is 257 g/mol. The Morgan fingerprint density at radius 3 is 2.65 bits per heavy atom. The molecule has 4 nitrogen and oxygen atoms in total. The fraction of sp³-hybridized carbons (Fsp3) is 0. The first-order chi connectivity index (χ1) is 9.72. The van der Waals surface area contributed by atoms with Gasteiger partial charge in [0.2, 0.25) is 0 Å². The zero-order chi connectivity index (χ0) is 13.9. The third kappa shape index (κ3) is 2.47. The van der Waals surface area contributed by atoms with E-state index in [9.17, 15) is 9.18 Å². The molecule has 2 aromatic rings. The van der Waals surface area contributed by atoms with Crippen LogP contribution in [0.4, 0.5) is 4.39 Å². The summed E-state index contributed by atoms with van der Waals surface area (Å²) in [5.74, 6) is -0.192. The Morgan fingerprint density at radius 2 is 1.95 bits per heavy atom. The SMILES string of the molecule is O=C1NC(c2ccc(F)cc2)=N/C1=C/c1cccnc1. The number of carbonyl (C=O) groups is 1. The molecule has 0 unspecified atom stereocenters. The van der Waals surface area contributed by atoms with Gasteiger partial charge in [-0.2, -0.15) is 0 Å². The number of amides is 1. The van der Waals surface area contributed by atoms with Gasteiger partial charge in [-0.1, -0.05) is 6.07 Å². The third-order valence-electron chi connectivity index (χ3n) is 2.80. The van der Waals surface area contributed by atoms with Crippen molar-refractivity contribution in [2.24, 2.45) is 4.99 Å². The maximum Gasteiger partial charge on any atom is 0.275 e. The van der Waals surface area contributed by atoms with Gasteiger partial charge >= 0.3 is 0 Å². The van der Waals surface area contributed by atoms with Crippen LogP contribution in [0.5, 0.6) is 0 Å². The van der Waals surface area contributed by atoms with Crippen LogP contribution in [0.15, 0.2) is 59.5 Å².